The Kier molecular flexibility index (Phi) is 11.0. The fourth-order valence-electron chi connectivity index (χ4n) is 3.68. The number of ether oxygens (including phenoxy) is 4. The maximum absolute atomic E-state index is 12.7. The average molecular weight is 493 g/mol. The molecule has 3 rings (SSSR count). The van der Waals surface area contributed by atoms with Crippen LogP contribution in [-0.4, -0.2) is 87.6 Å². The summed E-state index contributed by atoms with van der Waals surface area (Å²) in [6, 6.07) is 13.0. The van der Waals surface area contributed by atoms with Crippen LogP contribution in [0.3, 0.4) is 0 Å². The lowest BCUT2D eigenvalue weighted by atomic mass is 10.1. The number of carbonyl (C=O) groups excluding carboxylic acids is 1. The van der Waals surface area contributed by atoms with Gasteiger partial charge >= 0.3 is 0 Å². The average Bonchev–Trinajstić information content (AvgIpc) is 2.86. The molecule has 9 heteroatoms. The lowest BCUT2D eigenvalue weighted by Crippen LogP contribution is -2.50. The van der Waals surface area contributed by atoms with Crippen LogP contribution in [0.2, 0.25) is 0 Å². The molecular weight excluding hydrogens is 460 g/mol. The normalized spacial score (nSPS) is 14.9. The molecule has 1 aliphatic heterocycles. The number of carbonyl (C=O) groups is 1. The maximum Gasteiger partial charge on any atom is 0.246 e. The Morgan fingerprint density at radius 1 is 1.00 bits per heavy atom. The molecule has 1 fully saturated rings. The number of piperazine rings is 1. The monoisotopic (exact) mass is 492 g/mol. The molecule has 8 nitrogen and oxygen atoms in total. The highest BCUT2D eigenvalue weighted by Gasteiger charge is 2.22. The molecule has 2 aromatic rings. The standard InChI is InChI=1S/C25H32N2O6.ClH/c1-30-22-15-19(16-23(31-2)25(22)32-3)9-10-24(29)27-13-11-26(12-14-27)17-20(28)18-33-21-7-5-4-6-8-21;/h4-10,15-16,20,28H,11-14,17-18H2,1-3H3;1H. The second kappa shape index (κ2) is 13.7. The molecule has 0 aromatic heterocycles. The number of rotatable bonds is 10. The highest BCUT2D eigenvalue weighted by Crippen LogP contribution is 2.38. The largest absolute Gasteiger partial charge is 0.493 e. The summed E-state index contributed by atoms with van der Waals surface area (Å²) in [7, 11) is 4.66. The van der Waals surface area contributed by atoms with Gasteiger partial charge < -0.3 is 29.0 Å². The van der Waals surface area contributed by atoms with Crippen molar-refractivity contribution in [1.29, 1.82) is 0 Å². The van der Waals surface area contributed by atoms with Gasteiger partial charge in [0.1, 0.15) is 18.5 Å². The van der Waals surface area contributed by atoms with E-state index in [-0.39, 0.29) is 24.9 Å². The van der Waals surface area contributed by atoms with Crippen LogP contribution in [0.4, 0.5) is 0 Å². The van der Waals surface area contributed by atoms with Crippen LogP contribution in [0.15, 0.2) is 48.5 Å². The van der Waals surface area contributed by atoms with Crippen molar-refractivity contribution in [2.24, 2.45) is 0 Å². The van der Waals surface area contributed by atoms with Gasteiger partial charge in [0.25, 0.3) is 0 Å². The molecule has 0 saturated carbocycles. The van der Waals surface area contributed by atoms with Crippen LogP contribution < -0.4 is 18.9 Å². The number of aliphatic hydroxyl groups is 1. The van der Waals surface area contributed by atoms with Gasteiger partial charge in [-0.3, -0.25) is 9.69 Å². The predicted molar refractivity (Wildman–Crippen MR) is 133 cm³/mol. The molecule has 0 spiro atoms. The first kappa shape index (κ1) is 27.3. The maximum atomic E-state index is 12.7. The molecule has 186 valence electrons. The van der Waals surface area contributed by atoms with Crippen LogP contribution in [-0.2, 0) is 4.79 Å². The molecule has 0 bridgehead atoms. The Balaban J connectivity index is 0.00000408. The van der Waals surface area contributed by atoms with Crippen molar-refractivity contribution < 1.29 is 28.8 Å². The number of hydrogen-bond donors (Lipinski definition) is 1. The SMILES string of the molecule is COc1cc(C=CC(=O)N2CCN(CC(O)COc3ccccc3)CC2)cc(OC)c1OC.Cl. The molecule has 34 heavy (non-hydrogen) atoms. The van der Waals surface area contributed by atoms with Gasteiger partial charge in [0, 0.05) is 38.8 Å². The number of para-hydroxylation sites is 1. The van der Waals surface area contributed by atoms with Gasteiger partial charge in [-0.15, -0.1) is 12.4 Å². The van der Waals surface area contributed by atoms with Crippen molar-refractivity contribution in [1.82, 2.24) is 9.80 Å². The molecule has 1 amide bonds. The minimum absolute atomic E-state index is 0. The minimum Gasteiger partial charge on any atom is -0.493 e. The van der Waals surface area contributed by atoms with Crippen molar-refractivity contribution in [3.63, 3.8) is 0 Å². The third-order valence-corrected chi connectivity index (χ3v) is 5.44. The van der Waals surface area contributed by atoms with E-state index in [0.717, 1.165) is 11.3 Å². The smallest absolute Gasteiger partial charge is 0.246 e. The third kappa shape index (κ3) is 7.55. The lowest BCUT2D eigenvalue weighted by Gasteiger charge is -2.35. The number of benzene rings is 2. The molecule has 1 unspecified atom stereocenters. The Morgan fingerprint density at radius 2 is 1.62 bits per heavy atom. The number of β-amino-alcohol motifs (C(OH)–C–C–N with tert-alkyl or cyclic N) is 1. The Morgan fingerprint density at radius 3 is 2.18 bits per heavy atom. The summed E-state index contributed by atoms with van der Waals surface area (Å²) in [5, 5.41) is 10.3. The predicted octanol–water partition coefficient (Wildman–Crippen LogP) is 2.73. The van der Waals surface area contributed by atoms with Gasteiger partial charge in [0.15, 0.2) is 11.5 Å². The zero-order valence-electron chi connectivity index (χ0n) is 19.8. The van der Waals surface area contributed by atoms with Crippen molar-refractivity contribution in [2.45, 2.75) is 6.10 Å². The van der Waals surface area contributed by atoms with Crippen LogP contribution in [0, 0.1) is 0 Å². The highest BCUT2D eigenvalue weighted by molar-refractivity contribution is 5.92. The Bertz CT molecular complexity index is 907. The molecule has 1 heterocycles. The van der Waals surface area contributed by atoms with E-state index in [1.54, 1.807) is 50.5 Å². The molecule has 1 N–H and O–H groups in total. The van der Waals surface area contributed by atoms with E-state index >= 15 is 0 Å². The van der Waals surface area contributed by atoms with Gasteiger partial charge in [-0.1, -0.05) is 18.2 Å². The van der Waals surface area contributed by atoms with Crippen LogP contribution >= 0.6 is 12.4 Å². The summed E-state index contributed by atoms with van der Waals surface area (Å²) in [5.74, 6) is 2.26. The summed E-state index contributed by atoms with van der Waals surface area (Å²) >= 11 is 0. The minimum atomic E-state index is -0.590. The number of methoxy groups -OCH3 is 3. The molecule has 1 atom stereocenters. The zero-order chi connectivity index (χ0) is 23.6. The second-order valence-corrected chi connectivity index (χ2v) is 7.70. The Hall–Kier alpha value is -2.94. The zero-order valence-corrected chi connectivity index (χ0v) is 20.6. The van der Waals surface area contributed by atoms with Gasteiger partial charge in [-0.2, -0.15) is 0 Å². The summed E-state index contributed by atoms with van der Waals surface area (Å²) in [6.07, 6.45) is 2.70. The van der Waals surface area contributed by atoms with Gasteiger partial charge in [0.05, 0.1) is 21.3 Å². The highest BCUT2D eigenvalue weighted by atomic mass is 35.5. The summed E-state index contributed by atoms with van der Waals surface area (Å²) < 4.78 is 21.7. The molecular formula is C25H33ClN2O6. The second-order valence-electron chi connectivity index (χ2n) is 7.70. The summed E-state index contributed by atoms with van der Waals surface area (Å²) in [4.78, 5) is 16.6. The number of halogens is 1. The van der Waals surface area contributed by atoms with E-state index in [1.807, 2.05) is 30.3 Å². The van der Waals surface area contributed by atoms with Crippen LogP contribution in [0.1, 0.15) is 5.56 Å². The van der Waals surface area contributed by atoms with Crippen molar-refractivity contribution in [3.8, 4) is 23.0 Å². The fraction of sp³-hybridized carbons (Fsp3) is 0.400. The number of nitrogens with zero attached hydrogens (tertiary/aromatic N) is 2. The first-order chi connectivity index (χ1) is 16.0. The van der Waals surface area contributed by atoms with E-state index in [1.165, 1.54) is 0 Å². The number of hydrogen-bond acceptors (Lipinski definition) is 7. The van der Waals surface area contributed by atoms with Gasteiger partial charge in [0.2, 0.25) is 11.7 Å². The number of amides is 1. The molecule has 0 radical (unpaired) electrons. The van der Waals surface area contributed by atoms with E-state index in [2.05, 4.69) is 4.90 Å². The van der Waals surface area contributed by atoms with Gasteiger partial charge in [-0.25, -0.2) is 0 Å². The molecule has 0 aliphatic carbocycles. The number of aliphatic hydroxyl groups excluding tert-OH is 1. The third-order valence-electron chi connectivity index (χ3n) is 5.44. The summed E-state index contributed by atoms with van der Waals surface area (Å²) in [6.45, 7) is 3.35. The topological polar surface area (TPSA) is 80.7 Å². The molecule has 2 aromatic carbocycles. The van der Waals surface area contributed by atoms with Crippen molar-refractivity contribution in [3.05, 3.63) is 54.1 Å². The van der Waals surface area contributed by atoms with E-state index in [4.69, 9.17) is 18.9 Å². The lowest BCUT2D eigenvalue weighted by molar-refractivity contribution is -0.127. The van der Waals surface area contributed by atoms with Crippen LogP contribution in [0.5, 0.6) is 23.0 Å². The summed E-state index contributed by atoms with van der Waals surface area (Å²) in [5.41, 5.74) is 0.776. The van der Waals surface area contributed by atoms with E-state index in [0.29, 0.717) is 50.0 Å². The molecule has 1 aliphatic rings. The van der Waals surface area contributed by atoms with Crippen molar-refractivity contribution >= 4 is 24.4 Å². The Labute approximate surface area is 207 Å². The quantitative estimate of drug-likeness (QED) is 0.511. The van der Waals surface area contributed by atoms with Gasteiger partial charge in [-0.05, 0) is 35.9 Å². The van der Waals surface area contributed by atoms with E-state index in [9.17, 15) is 9.90 Å². The van der Waals surface area contributed by atoms with E-state index < -0.39 is 6.10 Å². The first-order valence-electron chi connectivity index (χ1n) is 10.9. The van der Waals surface area contributed by atoms with Crippen LogP contribution in [0.25, 0.3) is 6.08 Å². The van der Waals surface area contributed by atoms with Crippen molar-refractivity contribution in [2.75, 3.05) is 60.7 Å². The fourth-order valence-corrected chi connectivity index (χ4v) is 3.68. The molecule has 1 saturated heterocycles. The first-order valence-corrected chi connectivity index (χ1v) is 10.9.